The Kier molecular flexibility index (Phi) is 8.45. The Labute approximate surface area is 123 Å². The molecule has 0 aliphatic carbocycles. The summed E-state index contributed by atoms with van der Waals surface area (Å²) in [4.78, 5) is 0. The van der Waals surface area contributed by atoms with Gasteiger partial charge in [0.1, 0.15) is 29.9 Å². The molecule has 1 heterocycles. The van der Waals surface area contributed by atoms with Gasteiger partial charge >= 0.3 is 0 Å². The molecule has 0 unspecified atom stereocenters. The van der Waals surface area contributed by atoms with Crippen LogP contribution in [-0.2, 0) is 4.74 Å². The van der Waals surface area contributed by atoms with Crippen molar-refractivity contribution in [1.82, 2.24) is 0 Å². The predicted molar refractivity (Wildman–Crippen MR) is 74.9 cm³/mol. The molecule has 0 aromatic rings. The van der Waals surface area contributed by atoms with Crippen LogP contribution in [0.4, 0.5) is 0 Å². The summed E-state index contributed by atoms with van der Waals surface area (Å²) in [6.45, 7) is -0.393. The molecule has 4 N–H and O–H groups in total. The van der Waals surface area contributed by atoms with Gasteiger partial charge in [-0.1, -0.05) is 12.8 Å². The minimum atomic E-state index is -1.30. The summed E-state index contributed by atoms with van der Waals surface area (Å²) in [6.07, 6.45) is -0.147. The second kappa shape index (κ2) is 9.55. The molecule has 0 spiro atoms. The number of aliphatic hydroxyl groups is 4. The van der Waals surface area contributed by atoms with Crippen molar-refractivity contribution in [3.8, 4) is 6.07 Å². The van der Waals surface area contributed by atoms with Crippen LogP contribution in [0, 0.1) is 11.3 Å². The van der Waals surface area contributed by atoms with E-state index in [1.54, 1.807) is 0 Å². The molecule has 0 radical (unpaired) electrons. The van der Waals surface area contributed by atoms with Gasteiger partial charge in [0.15, 0.2) is 0 Å². The number of rotatable bonds is 8. The zero-order chi connectivity index (χ0) is 15.0. The number of hydrogen-bond acceptors (Lipinski definition) is 7. The minimum absolute atomic E-state index is 0.393. The smallest absolute Gasteiger partial charge is 0.132 e. The Hall–Kier alpha value is -0.360. The van der Waals surface area contributed by atoms with Crippen LogP contribution in [0.5, 0.6) is 0 Å². The van der Waals surface area contributed by atoms with E-state index in [1.165, 1.54) is 11.8 Å². The van der Waals surface area contributed by atoms with Gasteiger partial charge in [-0.15, -0.1) is 11.8 Å². The number of ether oxygens (including phenoxy) is 1. The van der Waals surface area contributed by atoms with Crippen molar-refractivity contribution in [1.29, 1.82) is 5.26 Å². The number of aliphatic hydroxyl groups excluding tert-OH is 4. The van der Waals surface area contributed by atoms with E-state index < -0.39 is 36.5 Å². The van der Waals surface area contributed by atoms with Crippen molar-refractivity contribution < 1.29 is 25.2 Å². The molecule has 1 aliphatic rings. The van der Waals surface area contributed by atoms with E-state index >= 15 is 0 Å². The van der Waals surface area contributed by atoms with Crippen molar-refractivity contribution in [3.63, 3.8) is 0 Å². The molecule has 1 aliphatic heterocycles. The van der Waals surface area contributed by atoms with Gasteiger partial charge in [-0.05, 0) is 18.6 Å². The largest absolute Gasteiger partial charge is 0.394 e. The van der Waals surface area contributed by atoms with E-state index in [4.69, 9.17) is 15.1 Å². The van der Waals surface area contributed by atoms with E-state index in [9.17, 15) is 15.3 Å². The van der Waals surface area contributed by atoms with E-state index in [1.807, 2.05) is 0 Å². The molecule has 1 saturated heterocycles. The predicted octanol–water partition coefficient (Wildman–Crippen LogP) is -0.00642. The second-order valence-corrected chi connectivity index (χ2v) is 6.10. The number of nitriles is 1. The number of thioether (sulfide) groups is 1. The summed E-state index contributed by atoms with van der Waals surface area (Å²) >= 11 is 1.37. The van der Waals surface area contributed by atoms with Gasteiger partial charge in [-0.2, -0.15) is 5.26 Å². The number of unbranched alkanes of at least 4 members (excludes halogenated alkanes) is 4. The van der Waals surface area contributed by atoms with Gasteiger partial charge < -0.3 is 25.2 Å². The molecule has 0 saturated carbocycles. The molecule has 0 aromatic heterocycles. The lowest BCUT2D eigenvalue weighted by atomic mass is 10.0. The fourth-order valence-corrected chi connectivity index (χ4v) is 3.25. The fourth-order valence-electron chi connectivity index (χ4n) is 2.06. The molecule has 20 heavy (non-hydrogen) atoms. The van der Waals surface area contributed by atoms with Crippen molar-refractivity contribution in [3.05, 3.63) is 0 Å². The van der Waals surface area contributed by atoms with Crippen molar-refractivity contribution in [2.24, 2.45) is 0 Å². The standard InChI is InChI=1S/C13H23NO5S/c14-6-4-2-1-3-5-7-20-13-12(18)11(17)10(16)9(8-15)19-13/h9-13,15-18H,1-5,7-8H2/t9-,10+,11+,12-,13+/m1/s1. The summed E-state index contributed by atoms with van der Waals surface area (Å²) in [5.41, 5.74) is -0.635. The molecule has 1 rings (SSSR count). The number of hydrogen-bond donors (Lipinski definition) is 4. The lowest BCUT2D eigenvalue weighted by molar-refractivity contribution is -0.205. The molecule has 7 heteroatoms. The van der Waals surface area contributed by atoms with Crippen LogP contribution in [0.2, 0.25) is 0 Å². The molecule has 116 valence electrons. The first-order chi connectivity index (χ1) is 9.61. The molecule has 6 nitrogen and oxygen atoms in total. The van der Waals surface area contributed by atoms with Crippen LogP contribution >= 0.6 is 11.8 Å². The lowest BCUT2D eigenvalue weighted by Gasteiger charge is -2.39. The highest BCUT2D eigenvalue weighted by Gasteiger charge is 2.43. The Balaban J connectivity index is 2.23. The highest BCUT2D eigenvalue weighted by molar-refractivity contribution is 7.99. The quantitative estimate of drug-likeness (QED) is 0.466. The first-order valence-corrected chi connectivity index (χ1v) is 7.95. The molecule has 0 bridgehead atoms. The van der Waals surface area contributed by atoms with E-state index in [2.05, 4.69) is 6.07 Å². The first kappa shape index (κ1) is 17.7. The highest BCUT2D eigenvalue weighted by atomic mass is 32.2. The second-order valence-electron chi connectivity index (χ2n) is 4.89. The Morgan fingerprint density at radius 2 is 1.70 bits per heavy atom. The van der Waals surface area contributed by atoms with Gasteiger partial charge in [0.05, 0.1) is 12.7 Å². The van der Waals surface area contributed by atoms with E-state index in [0.717, 1.165) is 31.4 Å². The Morgan fingerprint density at radius 3 is 2.35 bits per heavy atom. The Morgan fingerprint density at radius 1 is 1.00 bits per heavy atom. The summed E-state index contributed by atoms with van der Waals surface area (Å²) in [5.74, 6) is 0.759. The molecule has 0 amide bonds. The van der Waals surface area contributed by atoms with Crippen LogP contribution in [0.1, 0.15) is 32.1 Å². The van der Waals surface area contributed by atoms with Gasteiger partial charge in [0.2, 0.25) is 0 Å². The molecular weight excluding hydrogens is 282 g/mol. The summed E-state index contributed by atoms with van der Waals surface area (Å²) in [6, 6.07) is 2.10. The van der Waals surface area contributed by atoms with Crippen LogP contribution in [0.15, 0.2) is 0 Å². The number of nitrogens with zero attached hydrogens (tertiary/aromatic N) is 1. The fraction of sp³-hybridized carbons (Fsp3) is 0.923. The SMILES string of the molecule is N#CCCCCCCS[C@@H]1O[C@H](CO)[C@H](O)[C@H](O)[C@H]1O. The third kappa shape index (κ3) is 5.20. The van der Waals surface area contributed by atoms with Gasteiger partial charge in [-0.25, -0.2) is 0 Å². The third-order valence-corrected chi connectivity index (χ3v) is 4.56. The molecule has 0 aromatic carbocycles. The van der Waals surface area contributed by atoms with Crippen molar-refractivity contribution in [2.45, 2.75) is 62.0 Å². The van der Waals surface area contributed by atoms with Gasteiger partial charge in [0.25, 0.3) is 0 Å². The maximum Gasteiger partial charge on any atom is 0.132 e. The summed E-state index contributed by atoms with van der Waals surface area (Å²) < 4.78 is 5.39. The molecule has 5 atom stereocenters. The van der Waals surface area contributed by atoms with Crippen LogP contribution in [0.25, 0.3) is 0 Å². The van der Waals surface area contributed by atoms with Crippen LogP contribution in [-0.4, -0.2) is 62.6 Å². The third-order valence-electron chi connectivity index (χ3n) is 3.31. The molecular formula is C13H23NO5S. The van der Waals surface area contributed by atoms with E-state index in [0.29, 0.717) is 6.42 Å². The maximum atomic E-state index is 9.82. The summed E-state index contributed by atoms with van der Waals surface area (Å²) in [7, 11) is 0. The first-order valence-electron chi connectivity index (χ1n) is 6.91. The zero-order valence-electron chi connectivity index (χ0n) is 11.4. The average molecular weight is 305 g/mol. The average Bonchev–Trinajstić information content (AvgIpc) is 2.46. The normalized spacial score (nSPS) is 33.9. The van der Waals surface area contributed by atoms with E-state index in [-0.39, 0.29) is 0 Å². The molecule has 1 fully saturated rings. The van der Waals surface area contributed by atoms with Gasteiger partial charge in [0, 0.05) is 6.42 Å². The summed E-state index contributed by atoms with van der Waals surface area (Å²) in [5, 5.41) is 46.6. The monoisotopic (exact) mass is 305 g/mol. The minimum Gasteiger partial charge on any atom is -0.394 e. The van der Waals surface area contributed by atoms with Crippen LogP contribution in [0.3, 0.4) is 0 Å². The Bertz CT molecular complexity index is 310. The topological polar surface area (TPSA) is 114 Å². The lowest BCUT2D eigenvalue weighted by Crippen LogP contribution is -2.57. The van der Waals surface area contributed by atoms with Crippen molar-refractivity contribution in [2.75, 3.05) is 12.4 Å². The maximum absolute atomic E-state index is 9.82. The van der Waals surface area contributed by atoms with Crippen molar-refractivity contribution >= 4 is 11.8 Å². The van der Waals surface area contributed by atoms with Crippen LogP contribution < -0.4 is 0 Å². The van der Waals surface area contributed by atoms with Gasteiger partial charge in [-0.3, -0.25) is 0 Å². The zero-order valence-corrected chi connectivity index (χ0v) is 12.2. The highest BCUT2D eigenvalue weighted by Crippen LogP contribution is 2.29.